The van der Waals surface area contributed by atoms with E-state index >= 15 is 0 Å². The minimum atomic E-state index is -0.453. The van der Waals surface area contributed by atoms with E-state index in [0.29, 0.717) is 10.7 Å². The lowest BCUT2D eigenvalue weighted by molar-refractivity contribution is 0.0848. The van der Waals surface area contributed by atoms with Crippen molar-refractivity contribution in [2.75, 3.05) is 0 Å². The number of fused-ring (bicyclic) bond motifs is 1. The first kappa shape index (κ1) is 18.3. The number of benzene rings is 1. The molecule has 4 rings (SSSR count). The van der Waals surface area contributed by atoms with Gasteiger partial charge >= 0.3 is 0 Å². The topological polar surface area (TPSA) is 84.0 Å². The van der Waals surface area contributed by atoms with Gasteiger partial charge in [-0.3, -0.25) is 20.4 Å². The van der Waals surface area contributed by atoms with E-state index in [9.17, 15) is 9.59 Å². The first-order chi connectivity index (χ1) is 13.7. The predicted molar refractivity (Wildman–Crippen MR) is 108 cm³/mol. The smallest absolute Gasteiger partial charge is 0.267 e. The molecule has 0 radical (unpaired) electrons. The molecule has 7 heteroatoms. The SMILES string of the molecule is O=C(NNC(=O)c1cc2c(s1)CCCCC2)c1cnc(-c2ccccc2)nc1. The Kier molecular flexibility index (Phi) is 5.43. The molecule has 1 aliphatic carbocycles. The summed E-state index contributed by atoms with van der Waals surface area (Å²) in [7, 11) is 0. The van der Waals surface area contributed by atoms with Gasteiger partial charge in [0.2, 0.25) is 0 Å². The maximum atomic E-state index is 12.4. The van der Waals surface area contributed by atoms with Crippen molar-refractivity contribution < 1.29 is 9.59 Å². The number of nitrogens with zero attached hydrogens (tertiary/aromatic N) is 2. The van der Waals surface area contributed by atoms with Crippen molar-refractivity contribution in [3.63, 3.8) is 0 Å². The second-order valence-corrected chi connectivity index (χ2v) is 7.83. The number of hydrogen-bond acceptors (Lipinski definition) is 5. The molecule has 3 aromatic rings. The fraction of sp³-hybridized carbons (Fsp3) is 0.238. The van der Waals surface area contributed by atoms with Crippen LogP contribution in [-0.4, -0.2) is 21.8 Å². The number of hydrazine groups is 1. The molecule has 0 saturated carbocycles. The van der Waals surface area contributed by atoms with Crippen LogP contribution in [0.2, 0.25) is 0 Å². The van der Waals surface area contributed by atoms with Gasteiger partial charge in [-0.2, -0.15) is 0 Å². The molecule has 1 aromatic carbocycles. The standard InChI is InChI=1S/C21H20N4O2S/c26-20(16-12-22-19(23-13-16)14-7-3-1-4-8-14)24-25-21(27)18-11-15-9-5-2-6-10-17(15)28-18/h1,3-4,7-8,11-13H,2,5-6,9-10H2,(H,24,26)(H,25,27). The lowest BCUT2D eigenvalue weighted by atomic mass is 10.1. The number of aromatic nitrogens is 2. The summed E-state index contributed by atoms with van der Waals surface area (Å²) in [4.78, 5) is 35.0. The van der Waals surface area contributed by atoms with Crippen molar-refractivity contribution in [3.8, 4) is 11.4 Å². The van der Waals surface area contributed by atoms with Crippen molar-refractivity contribution >= 4 is 23.2 Å². The van der Waals surface area contributed by atoms with Crippen LogP contribution in [0, 0.1) is 0 Å². The second-order valence-electron chi connectivity index (χ2n) is 6.69. The second kappa shape index (κ2) is 8.31. The van der Waals surface area contributed by atoms with Crippen molar-refractivity contribution in [2.45, 2.75) is 32.1 Å². The average Bonchev–Trinajstić information content (AvgIpc) is 3.03. The molecular weight excluding hydrogens is 372 g/mol. The molecule has 1 aliphatic rings. The molecule has 0 bridgehead atoms. The number of thiophene rings is 1. The van der Waals surface area contributed by atoms with Gasteiger partial charge in [0.1, 0.15) is 0 Å². The van der Waals surface area contributed by atoms with E-state index in [0.717, 1.165) is 18.4 Å². The largest absolute Gasteiger partial charge is 0.279 e. The van der Waals surface area contributed by atoms with Crippen molar-refractivity contribution in [3.05, 3.63) is 69.7 Å². The Morgan fingerprint density at radius 2 is 1.61 bits per heavy atom. The third kappa shape index (κ3) is 4.09. The summed E-state index contributed by atoms with van der Waals surface area (Å²) >= 11 is 1.52. The first-order valence-corrected chi connectivity index (χ1v) is 10.1. The zero-order valence-corrected chi connectivity index (χ0v) is 16.1. The van der Waals surface area contributed by atoms with E-state index in [1.807, 2.05) is 36.4 Å². The summed E-state index contributed by atoms with van der Waals surface area (Å²) in [6.07, 6.45) is 8.53. The molecular formula is C21H20N4O2S. The van der Waals surface area contributed by atoms with Crippen LogP contribution in [0.15, 0.2) is 48.8 Å². The maximum Gasteiger partial charge on any atom is 0.279 e. The monoisotopic (exact) mass is 392 g/mol. The zero-order chi connectivity index (χ0) is 19.3. The molecule has 28 heavy (non-hydrogen) atoms. The highest BCUT2D eigenvalue weighted by Crippen LogP contribution is 2.28. The highest BCUT2D eigenvalue weighted by atomic mass is 32.1. The number of carbonyl (C=O) groups excluding carboxylic acids is 2. The molecule has 2 heterocycles. The van der Waals surface area contributed by atoms with Gasteiger partial charge in [0.05, 0.1) is 10.4 Å². The fourth-order valence-corrected chi connectivity index (χ4v) is 4.36. The van der Waals surface area contributed by atoms with Gasteiger partial charge < -0.3 is 0 Å². The summed E-state index contributed by atoms with van der Waals surface area (Å²) in [6, 6.07) is 11.5. The van der Waals surface area contributed by atoms with Gasteiger partial charge in [0, 0.05) is 22.8 Å². The number of carbonyl (C=O) groups is 2. The minimum Gasteiger partial charge on any atom is -0.267 e. The molecule has 0 fully saturated rings. The van der Waals surface area contributed by atoms with E-state index in [1.54, 1.807) is 0 Å². The van der Waals surface area contributed by atoms with Crippen molar-refractivity contribution in [1.82, 2.24) is 20.8 Å². The van der Waals surface area contributed by atoms with Gasteiger partial charge in [-0.05, 0) is 37.3 Å². The first-order valence-electron chi connectivity index (χ1n) is 9.30. The summed E-state index contributed by atoms with van der Waals surface area (Å²) in [5, 5.41) is 0. The highest BCUT2D eigenvalue weighted by Gasteiger charge is 2.17. The molecule has 0 atom stereocenters. The third-order valence-corrected chi connectivity index (χ3v) is 5.94. The van der Waals surface area contributed by atoms with E-state index in [-0.39, 0.29) is 11.5 Å². The molecule has 2 amide bonds. The predicted octanol–water partition coefficient (Wildman–Crippen LogP) is 3.55. The molecule has 0 aliphatic heterocycles. The van der Waals surface area contributed by atoms with Crippen LogP contribution in [-0.2, 0) is 12.8 Å². The lowest BCUT2D eigenvalue weighted by Crippen LogP contribution is -2.41. The van der Waals surface area contributed by atoms with Crippen LogP contribution >= 0.6 is 11.3 Å². The number of rotatable bonds is 3. The lowest BCUT2D eigenvalue weighted by Gasteiger charge is -2.06. The van der Waals surface area contributed by atoms with Gasteiger partial charge in [0.25, 0.3) is 11.8 Å². The highest BCUT2D eigenvalue weighted by molar-refractivity contribution is 7.14. The minimum absolute atomic E-state index is 0.280. The third-order valence-electron chi connectivity index (χ3n) is 4.71. The Morgan fingerprint density at radius 3 is 2.39 bits per heavy atom. The number of aryl methyl sites for hydroxylation is 2. The summed E-state index contributed by atoms with van der Waals surface area (Å²) in [6.45, 7) is 0. The maximum absolute atomic E-state index is 12.4. The number of amides is 2. The van der Waals surface area contributed by atoms with E-state index < -0.39 is 5.91 Å². The molecule has 2 N–H and O–H groups in total. The molecule has 0 saturated heterocycles. The Labute approximate surface area is 167 Å². The zero-order valence-electron chi connectivity index (χ0n) is 15.3. The van der Waals surface area contributed by atoms with E-state index in [4.69, 9.17) is 0 Å². The molecule has 6 nitrogen and oxygen atoms in total. The molecule has 142 valence electrons. The van der Waals surface area contributed by atoms with E-state index in [2.05, 4.69) is 20.8 Å². The average molecular weight is 392 g/mol. The van der Waals surface area contributed by atoms with Crippen LogP contribution in [0.1, 0.15) is 49.7 Å². The Hall–Kier alpha value is -3.06. The van der Waals surface area contributed by atoms with E-state index in [1.165, 1.54) is 53.4 Å². The summed E-state index contributed by atoms with van der Waals surface area (Å²) in [5.41, 5.74) is 7.34. The van der Waals surface area contributed by atoms with Gasteiger partial charge in [-0.1, -0.05) is 36.8 Å². The Balaban J connectivity index is 1.37. The number of hydrogen-bond donors (Lipinski definition) is 2. The molecule has 0 unspecified atom stereocenters. The van der Waals surface area contributed by atoms with Crippen LogP contribution in [0.4, 0.5) is 0 Å². The van der Waals surface area contributed by atoms with Crippen LogP contribution in [0.5, 0.6) is 0 Å². The number of nitrogens with one attached hydrogen (secondary N) is 2. The van der Waals surface area contributed by atoms with Gasteiger partial charge in [-0.25, -0.2) is 9.97 Å². The normalized spacial score (nSPS) is 13.3. The fourth-order valence-electron chi connectivity index (χ4n) is 3.21. The van der Waals surface area contributed by atoms with Crippen molar-refractivity contribution in [1.29, 1.82) is 0 Å². The van der Waals surface area contributed by atoms with Crippen LogP contribution in [0.25, 0.3) is 11.4 Å². The molecule has 2 aromatic heterocycles. The summed E-state index contributed by atoms with van der Waals surface area (Å²) in [5.74, 6) is -0.208. The van der Waals surface area contributed by atoms with Crippen LogP contribution in [0.3, 0.4) is 0 Å². The molecule has 0 spiro atoms. The summed E-state index contributed by atoms with van der Waals surface area (Å²) < 4.78 is 0. The Bertz CT molecular complexity index is 960. The quantitative estimate of drug-likeness (QED) is 0.527. The van der Waals surface area contributed by atoms with Gasteiger partial charge in [0.15, 0.2) is 5.82 Å². The van der Waals surface area contributed by atoms with Crippen LogP contribution < -0.4 is 10.9 Å². The van der Waals surface area contributed by atoms with Gasteiger partial charge in [-0.15, -0.1) is 11.3 Å². The van der Waals surface area contributed by atoms with Crippen molar-refractivity contribution in [2.24, 2.45) is 0 Å². The Morgan fingerprint density at radius 1 is 0.893 bits per heavy atom.